The number of amides is 1. The van der Waals surface area contributed by atoms with Crippen molar-refractivity contribution < 1.29 is 4.79 Å². The molecule has 2 heterocycles. The van der Waals surface area contributed by atoms with Crippen LogP contribution in [0.1, 0.15) is 36.9 Å². The van der Waals surface area contributed by atoms with Gasteiger partial charge in [-0.1, -0.05) is 37.3 Å². The first-order chi connectivity index (χ1) is 11.6. The fraction of sp³-hybridized carbons (Fsp3) is 0.474. The Labute approximate surface area is 143 Å². The van der Waals surface area contributed by atoms with Gasteiger partial charge in [0.15, 0.2) is 0 Å². The number of anilines is 1. The molecule has 1 saturated heterocycles. The number of rotatable bonds is 6. The molecule has 0 bridgehead atoms. The molecule has 1 aromatic heterocycles. The minimum atomic E-state index is -0.0804. The van der Waals surface area contributed by atoms with Gasteiger partial charge in [0.1, 0.15) is 5.82 Å². The fourth-order valence-electron chi connectivity index (χ4n) is 3.37. The number of carbonyl (C=O) groups excluding carboxylic acids is 1. The molecule has 3 rings (SSSR count). The summed E-state index contributed by atoms with van der Waals surface area (Å²) in [6.45, 7) is 5.79. The van der Waals surface area contributed by atoms with E-state index in [2.05, 4.69) is 41.6 Å². The molecule has 1 fully saturated rings. The van der Waals surface area contributed by atoms with E-state index in [1.807, 2.05) is 31.0 Å². The smallest absolute Gasteiger partial charge is 0.245 e. The van der Waals surface area contributed by atoms with Crippen LogP contribution in [0.3, 0.4) is 0 Å². The lowest BCUT2D eigenvalue weighted by Crippen LogP contribution is -2.39. The first kappa shape index (κ1) is 16.7. The van der Waals surface area contributed by atoms with E-state index < -0.39 is 0 Å². The Hall–Kier alpha value is -2.14. The van der Waals surface area contributed by atoms with E-state index in [1.165, 1.54) is 5.56 Å². The minimum absolute atomic E-state index is 0.0804. The van der Waals surface area contributed by atoms with Gasteiger partial charge >= 0.3 is 0 Å². The summed E-state index contributed by atoms with van der Waals surface area (Å²) >= 11 is 0. The van der Waals surface area contributed by atoms with Gasteiger partial charge in [0.2, 0.25) is 5.91 Å². The SMILES string of the molecule is Cc1cc(N2CCC(NCCC(C)c3ccccc3)C2=O)n(C)n1. The van der Waals surface area contributed by atoms with Gasteiger partial charge in [0.25, 0.3) is 0 Å². The molecule has 24 heavy (non-hydrogen) atoms. The van der Waals surface area contributed by atoms with Crippen LogP contribution >= 0.6 is 0 Å². The van der Waals surface area contributed by atoms with Crippen LogP contribution < -0.4 is 10.2 Å². The molecule has 5 heteroatoms. The Balaban J connectivity index is 1.52. The van der Waals surface area contributed by atoms with Gasteiger partial charge in [-0.05, 0) is 37.8 Å². The number of carbonyl (C=O) groups is 1. The average Bonchev–Trinajstić information content (AvgIpc) is 3.10. The molecule has 1 aliphatic rings. The predicted octanol–water partition coefficient (Wildman–Crippen LogP) is 2.62. The number of benzene rings is 1. The first-order valence-electron chi connectivity index (χ1n) is 8.66. The summed E-state index contributed by atoms with van der Waals surface area (Å²) in [6.07, 6.45) is 1.88. The van der Waals surface area contributed by atoms with Gasteiger partial charge in [-0.3, -0.25) is 14.4 Å². The van der Waals surface area contributed by atoms with Crippen LogP contribution in [0.15, 0.2) is 36.4 Å². The van der Waals surface area contributed by atoms with Crippen LogP contribution in [0.5, 0.6) is 0 Å². The number of nitrogens with zero attached hydrogens (tertiary/aromatic N) is 3. The van der Waals surface area contributed by atoms with E-state index >= 15 is 0 Å². The third-order valence-corrected chi connectivity index (χ3v) is 4.80. The van der Waals surface area contributed by atoms with Gasteiger partial charge in [0, 0.05) is 19.7 Å². The van der Waals surface area contributed by atoms with Crippen molar-refractivity contribution >= 4 is 11.7 Å². The zero-order valence-corrected chi connectivity index (χ0v) is 14.7. The monoisotopic (exact) mass is 326 g/mol. The lowest BCUT2D eigenvalue weighted by molar-refractivity contribution is -0.118. The Bertz CT molecular complexity index is 695. The highest BCUT2D eigenvalue weighted by Crippen LogP contribution is 2.22. The third-order valence-electron chi connectivity index (χ3n) is 4.80. The number of nitrogens with one attached hydrogen (secondary N) is 1. The maximum atomic E-state index is 12.6. The van der Waals surface area contributed by atoms with Gasteiger partial charge in [-0.25, -0.2) is 0 Å². The van der Waals surface area contributed by atoms with Crippen molar-refractivity contribution in [2.24, 2.45) is 7.05 Å². The van der Waals surface area contributed by atoms with Crippen LogP contribution in [0.2, 0.25) is 0 Å². The van der Waals surface area contributed by atoms with Crippen molar-refractivity contribution in [3.05, 3.63) is 47.7 Å². The van der Waals surface area contributed by atoms with E-state index in [0.29, 0.717) is 5.92 Å². The summed E-state index contributed by atoms with van der Waals surface area (Å²) in [4.78, 5) is 14.5. The molecule has 1 N–H and O–H groups in total. The molecule has 2 unspecified atom stereocenters. The second kappa shape index (κ2) is 7.18. The van der Waals surface area contributed by atoms with Crippen molar-refractivity contribution in [1.29, 1.82) is 0 Å². The zero-order chi connectivity index (χ0) is 17.1. The molecular formula is C19H26N4O. The summed E-state index contributed by atoms with van der Waals surface area (Å²) in [5, 5.41) is 7.77. The van der Waals surface area contributed by atoms with Crippen LogP contribution in [0.4, 0.5) is 5.82 Å². The van der Waals surface area contributed by atoms with Crippen LogP contribution in [-0.4, -0.2) is 34.8 Å². The van der Waals surface area contributed by atoms with Crippen molar-refractivity contribution in [1.82, 2.24) is 15.1 Å². The van der Waals surface area contributed by atoms with Crippen LogP contribution in [0.25, 0.3) is 0 Å². The molecule has 1 aromatic carbocycles. The van der Waals surface area contributed by atoms with Crippen molar-refractivity contribution in [3.8, 4) is 0 Å². The van der Waals surface area contributed by atoms with E-state index in [9.17, 15) is 4.79 Å². The molecular weight excluding hydrogens is 300 g/mol. The maximum absolute atomic E-state index is 12.6. The molecule has 0 spiro atoms. The third kappa shape index (κ3) is 3.51. The Kier molecular flexibility index (Phi) is 5.00. The Morgan fingerprint density at radius 2 is 2.08 bits per heavy atom. The minimum Gasteiger partial charge on any atom is -0.306 e. The average molecular weight is 326 g/mol. The van der Waals surface area contributed by atoms with E-state index in [4.69, 9.17) is 0 Å². The van der Waals surface area contributed by atoms with E-state index in [-0.39, 0.29) is 11.9 Å². The highest BCUT2D eigenvalue weighted by Gasteiger charge is 2.33. The molecule has 0 radical (unpaired) electrons. The summed E-state index contributed by atoms with van der Waals surface area (Å²) in [6, 6.07) is 12.4. The number of aryl methyl sites for hydroxylation is 2. The number of aromatic nitrogens is 2. The largest absolute Gasteiger partial charge is 0.306 e. The maximum Gasteiger partial charge on any atom is 0.245 e. The molecule has 0 saturated carbocycles. The second-order valence-corrected chi connectivity index (χ2v) is 6.65. The molecule has 128 valence electrons. The van der Waals surface area contributed by atoms with Crippen LogP contribution in [0, 0.1) is 6.92 Å². The summed E-state index contributed by atoms with van der Waals surface area (Å²) in [5.74, 6) is 1.54. The van der Waals surface area contributed by atoms with Gasteiger partial charge in [-0.2, -0.15) is 5.10 Å². The fourth-order valence-corrected chi connectivity index (χ4v) is 3.37. The standard InChI is InChI=1S/C19H26N4O/c1-14(16-7-5-4-6-8-16)9-11-20-17-10-12-23(19(17)24)18-13-15(2)21-22(18)3/h4-8,13-14,17,20H,9-12H2,1-3H3. The Morgan fingerprint density at radius 3 is 2.75 bits per heavy atom. The van der Waals surface area contributed by atoms with Crippen LogP contribution in [-0.2, 0) is 11.8 Å². The number of hydrogen-bond acceptors (Lipinski definition) is 3. The first-order valence-corrected chi connectivity index (χ1v) is 8.66. The molecule has 1 aliphatic heterocycles. The van der Waals surface area contributed by atoms with E-state index in [0.717, 1.165) is 37.4 Å². The summed E-state index contributed by atoms with van der Waals surface area (Å²) < 4.78 is 1.78. The molecule has 1 amide bonds. The highest BCUT2D eigenvalue weighted by atomic mass is 16.2. The normalized spacial score (nSPS) is 19.0. The summed E-state index contributed by atoms with van der Waals surface area (Å²) in [5.41, 5.74) is 2.29. The predicted molar refractivity (Wildman–Crippen MR) is 96.2 cm³/mol. The van der Waals surface area contributed by atoms with Crippen molar-refractivity contribution in [2.45, 2.75) is 38.6 Å². The second-order valence-electron chi connectivity index (χ2n) is 6.65. The molecule has 0 aliphatic carbocycles. The van der Waals surface area contributed by atoms with Crippen molar-refractivity contribution in [3.63, 3.8) is 0 Å². The lowest BCUT2D eigenvalue weighted by Gasteiger charge is -2.18. The highest BCUT2D eigenvalue weighted by molar-refractivity contribution is 5.98. The van der Waals surface area contributed by atoms with Gasteiger partial charge in [0.05, 0.1) is 11.7 Å². The van der Waals surface area contributed by atoms with Gasteiger partial charge < -0.3 is 5.32 Å². The quantitative estimate of drug-likeness (QED) is 0.888. The molecule has 5 nitrogen and oxygen atoms in total. The zero-order valence-electron chi connectivity index (χ0n) is 14.7. The number of hydrogen-bond donors (Lipinski definition) is 1. The Morgan fingerprint density at radius 1 is 1.33 bits per heavy atom. The molecule has 2 aromatic rings. The topological polar surface area (TPSA) is 50.2 Å². The summed E-state index contributed by atoms with van der Waals surface area (Å²) in [7, 11) is 1.89. The molecule has 2 atom stereocenters. The van der Waals surface area contributed by atoms with Crippen molar-refractivity contribution in [2.75, 3.05) is 18.0 Å². The lowest BCUT2D eigenvalue weighted by atomic mass is 9.98. The van der Waals surface area contributed by atoms with Gasteiger partial charge in [-0.15, -0.1) is 0 Å². The van der Waals surface area contributed by atoms with E-state index in [1.54, 1.807) is 4.68 Å².